The Hall–Kier alpha value is -1.64. The van der Waals surface area contributed by atoms with Gasteiger partial charge in [-0.05, 0) is 18.4 Å². The molecule has 1 atom stereocenters. The van der Waals surface area contributed by atoms with Gasteiger partial charge in [0.05, 0.1) is 6.04 Å². The first-order chi connectivity index (χ1) is 15.0. The van der Waals surface area contributed by atoms with Crippen LogP contribution >= 0.6 is 0 Å². The molecule has 0 amide bonds. The quantitative estimate of drug-likeness (QED) is 0.144. The maximum absolute atomic E-state index is 6.95. The fourth-order valence-corrected chi connectivity index (χ4v) is 3.33. The predicted octanol–water partition coefficient (Wildman–Crippen LogP) is -2.40. The Morgan fingerprint density at radius 1 is 1.12 bits per heavy atom. The average Bonchev–Trinajstić information content (AvgIpc) is 3.30. The molecule has 0 aliphatic carbocycles. The summed E-state index contributed by atoms with van der Waals surface area (Å²) in [7, 11) is 0. The van der Waals surface area contributed by atoms with Gasteiger partial charge in [-0.3, -0.25) is 5.41 Å². The van der Waals surface area contributed by atoms with E-state index < -0.39 is 0 Å². The largest absolute Gasteiger partial charge is 1.00 e. The van der Waals surface area contributed by atoms with E-state index >= 15 is 0 Å². The van der Waals surface area contributed by atoms with E-state index in [0.29, 0.717) is 5.84 Å². The molecule has 2 aromatic rings. The van der Waals surface area contributed by atoms with Crippen molar-refractivity contribution in [2.45, 2.75) is 25.4 Å². The molecule has 6 N–H and O–H groups in total. The second-order valence-corrected chi connectivity index (χ2v) is 7.11. The Balaban J connectivity index is 0.000000870. The molecule has 1 aliphatic heterocycles. The van der Waals surface area contributed by atoms with E-state index in [-0.39, 0.29) is 65.2 Å². The molecule has 3 rings (SSSR count). The zero-order valence-electron chi connectivity index (χ0n) is 19.9. The molecule has 0 saturated carbocycles. The molecule has 1 aliphatic rings. The van der Waals surface area contributed by atoms with Crippen molar-refractivity contribution < 1.29 is 59.1 Å². The van der Waals surface area contributed by atoms with E-state index in [9.17, 15) is 0 Å². The van der Waals surface area contributed by atoms with Crippen LogP contribution in [-0.4, -0.2) is 29.7 Å². The van der Waals surface area contributed by atoms with Gasteiger partial charge in [0.2, 0.25) is 0 Å². The van der Waals surface area contributed by atoms with Crippen LogP contribution in [0, 0.1) is 18.4 Å². The molecule has 1 unspecified atom stereocenters. The second-order valence-electron chi connectivity index (χ2n) is 7.11. The van der Waals surface area contributed by atoms with Gasteiger partial charge in [0.25, 0.3) is 0 Å². The van der Waals surface area contributed by atoms with Crippen LogP contribution in [-0.2, 0) is 6.54 Å². The number of aliphatic imine (C=N–C) groups is 1. The number of hydrogen-bond donors (Lipinski definition) is 4. The average molecular weight is 463 g/mol. The summed E-state index contributed by atoms with van der Waals surface area (Å²) >= 11 is 0. The summed E-state index contributed by atoms with van der Waals surface area (Å²) in [6.45, 7) is 11.5. The van der Waals surface area contributed by atoms with Gasteiger partial charge in [0.15, 0.2) is 0 Å². The first-order valence-corrected chi connectivity index (χ1v) is 10.2. The number of nitrogens with zero attached hydrogens (tertiary/aromatic N) is 2. The molecular formula is C25H32N6Na2. The third kappa shape index (κ3) is 11.4. The number of benzene rings is 2. The Labute approximate surface area is 242 Å². The third-order valence-corrected chi connectivity index (χ3v) is 4.91. The van der Waals surface area contributed by atoms with Crippen molar-refractivity contribution in [3.05, 3.63) is 109 Å². The van der Waals surface area contributed by atoms with Gasteiger partial charge in [0, 0.05) is 24.6 Å². The van der Waals surface area contributed by atoms with Crippen molar-refractivity contribution in [1.29, 1.82) is 5.41 Å². The monoisotopic (exact) mass is 462 g/mol. The standard InChI is InChI=1S/C18H24N5.C7H8N.2Na/c1-14(11-18(20)22-13-19)23-10-6-9-17(23)15(2)21-12-16-7-4-3-5-8-16;8-6-7-4-2-1-3-5-7;;/h3-5,7-8,11,13,17,21H,1-2,6,9-10,12H2,(H3,19,20,22);1-6H,8H2;;/q2*-1;2*+1. The fourth-order valence-electron chi connectivity index (χ4n) is 3.33. The zero-order valence-corrected chi connectivity index (χ0v) is 23.9. The van der Waals surface area contributed by atoms with Gasteiger partial charge in [-0.15, -0.1) is 30.8 Å². The number of nitrogens with two attached hydrogens (primary N) is 2. The summed E-state index contributed by atoms with van der Waals surface area (Å²) in [5, 5.41) is 10.4. The Morgan fingerprint density at radius 2 is 1.73 bits per heavy atom. The molecule has 0 spiro atoms. The molecule has 33 heavy (non-hydrogen) atoms. The van der Waals surface area contributed by atoms with Crippen LogP contribution in [0.3, 0.4) is 0 Å². The van der Waals surface area contributed by atoms with Gasteiger partial charge < -0.3 is 21.7 Å². The smallest absolute Gasteiger partial charge is 0.398 e. The molecule has 1 fully saturated rings. The minimum atomic E-state index is 0. The zero-order chi connectivity index (χ0) is 22.5. The van der Waals surface area contributed by atoms with E-state index in [2.05, 4.69) is 40.5 Å². The Bertz CT molecular complexity index is 871. The number of nitrogens with one attached hydrogen (secondary N) is 2. The predicted molar refractivity (Wildman–Crippen MR) is 130 cm³/mol. The summed E-state index contributed by atoms with van der Waals surface area (Å²) in [6, 6.07) is 20.3. The van der Waals surface area contributed by atoms with Crippen molar-refractivity contribution in [2.24, 2.45) is 16.5 Å². The van der Waals surface area contributed by atoms with Crippen LogP contribution in [0.1, 0.15) is 24.0 Å². The van der Waals surface area contributed by atoms with Crippen molar-refractivity contribution in [2.75, 3.05) is 6.54 Å². The second kappa shape index (κ2) is 17.8. The molecule has 2 aromatic carbocycles. The molecule has 1 heterocycles. The van der Waals surface area contributed by atoms with Crippen LogP contribution in [0.4, 0.5) is 0 Å². The van der Waals surface area contributed by atoms with E-state index in [0.717, 1.165) is 49.2 Å². The van der Waals surface area contributed by atoms with E-state index in [1.54, 1.807) is 13.0 Å². The minimum absolute atomic E-state index is 0. The Kier molecular flexibility index (Phi) is 16.9. The number of likely N-dealkylation sites (tertiary alicyclic amines) is 1. The van der Waals surface area contributed by atoms with Gasteiger partial charge in [-0.2, -0.15) is 17.7 Å². The first-order valence-electron chi connectivity index (χ1n) is 10.2. The maximum atomic E-state index is 6.95. The first kappa shape index (κ1) is 31.4. The van der Waals surface area contributed by atoms with Crippen molar-refractivity contribution in [3.8, 4) is 0 Å². The molecule has 0 bridgehead atoms. The summed E-state index contributed by atoms with van der Waals surface area (Å²) < 4.78 is 0. The van der Waals surface area contributed by atoms with Crippen LogP contribution in [0.15, 0.2) is 90.2 Å². The van der Waals surface area contributed by atoms with E-state index in [1.165, 1.54) is 5.56 Å². The molecular weight excluding hydrogens is 430 g/mol. The summed E-state index contributed by atoms with van der Waals surface area (Å²) in [4.78, 5) is 5.92. The minimum Gasteiger partial charge on any atom is -0.398 e. The van der Waals surface area contributed by atoms with Gasteiger partial charge in [0.1, 0.15) is 6.34 Å². The van der Waals surface area contributed by atoms with Crippen molar-refractivity contribution in [3.63, 3.8) is 0 Å². The number of rotatable bonds is 9. The van der Waals surface area contributed by atoms with Crippen molar-refractivity contribution in [1.82, 2.24) is 10.2 Å². The van der Waals surface area contributed by atoms with Crippen molar-refractivity contribution >= 4 is 12.2 Å². The maximum Gasteiger partial charge on any atom is 1.00 e. The van der Waals surface area contributed by atoms with Crippen LogP contribution in [0.2, 0.25) is 0 Å². The SMILES string of the molecule is C=C(NCc1ccccc1)C1CCCN1C(=C)[CH-]C(N)=NC=N.N[CH-]c1ccccc1.[Na+].[Na+]. The number of amidine groups is 1. The number of hydrogen-bond acceptors (Lipinski definition) is 4. The summed E-state index contributed by atoms with van der Waals surface area (Å²) in [5.41, 5.74) is 15.0. The van der Waals surface area contributed by atoms with E-state index in [4.69, 9.17) is 16.9 Å². The van der Waals surface area contributed by atoms with Crippen LogP contribution in [0.5, 0.6) is 0 Å². The molecule has 6 nitrogen and oxygen atoms in total. The van der Waals surface area contributed by atoms with Gasteiger partial charge >= 0.3 is 59.1 Å². The normalized spacial score (nSPS) is 14.4. The molecule has 8 heteroatoms. The fraction of sp³-hybridized carbons (Fsp3) is 0.200. The molecule has 1 saturated heterocycles. The summed E-state index contributed by atoms with van der Waals surface area (Å²) in [6.07, 6.45) is 4.76. The molecule has 0 aromatic heterocycles. The summed E-state index contributed by atoms with van der Waals surface area (Å²) in [5.74, 6) is 0.290. The Morgan fingerprint density at radius 3 is 2.27 bits per heavy atom. The third-order valence-electron chi connectivity index (χ3n) is 4.91. The molecule has 164 valence electrons. The van der Waals surface area contributed by atoms with Crippen LogP contribution < -0.4 is 75.9 Å². The van der Waals surface area contributed by atoms with Gasteiger partial charge in [-0.25, -0.2) is 11.6 Å². The van der Waals surface area contributed by atoms with Crippen LogP contribution in [0.25, 0.3) is 0 Å². The topological polar surface area (TPSA) is 104 Å². The van der Waals surface area contributed by atoms with Gasteiger partial charge in [-0.1, -0.05) is 43.0 Å². The van der Waals surface area contributed by atoms with E-state index in [1.807, 2.05) is 48.5 Å². The molecule has 0 radical (unpaired) electrons.